The lowest BCUT2D eigenvalue weighted by atomic mass is 10.2. The molecular weight excluding hydrogens is 286 g/mol. The topological polar surface area (TPSA) is 36.4 Å². The van der Waals surface area contributed by atoms with Gasteiger partial charge in [-0.3, -0.25) is 14.7 Å². The van der Waals surface area contributed by atoms with Crippen molar-refractivity contribution < 1.29 is 4.79 Å². The van der Waals surface area contributed by atoms with E-state index < -0.39 is 0 Å². The second-order valence-electron chi connectivity index (χ2n) is 5.71. The van der Waals surface area contributed by atoms with E-state index in [1.165, 1.54) is 5.56 Å². The van der Waals surface area contributed by atoms with Crippen molar-refractivity contribution in [2.24, 2.45) is 0 Å². The largest absolute Gasteiger partial charge is 0.337 e. The van der Waals surface area contributed by atoms with E-state index in [1.54, 1.807) is 18.5 Å². The van der Waals surface area contributed by atoms with Gasteiger partial charge < -0.3 is 4.90 Å². The second kappa shape index (κ2) is 7.70. The molecule has 4 nitrogen and oxygen atoms in total. The van der Waals surface area contributed by atoms with E-state index in [9.17, 15) is 4.79 Å². The van der Waals surface area contributed by atoms with Crippen LogP contribution in [0.25, 0.3) is 6.08 Å². The Morgan fingerprint density at radius 1 is 1.04 bits per heavy atom. The summed E-state index contributed by atoms with van der Waals surface area (Å²) in [4.78, 5) is 20.6. The van der Waals surface area contributed by atoms with Crippen molar-refractivity contribution in [3.8, 4) is 0 Å². The standard InChI is InChI=1S/C19H21N3O/c23-19(9-8-17-7-4-10-20-15-17)22-13-11-21(12-14-22)16-18-5-2-1-3-6-18/h1-10,15H,11-14,16H2/b9-8+. The van der Waals surface area contributed by atoms with Crippen LogP contribution in [0.4, 0.5) is 0 Å². The molecular formula is C19H21N3O. The third-order valence-electron chi connectivity index (χ3n) is 4.04. The van der Waals surface area contributed by atoms with Crippen molar-refractivity contribution in [3.05, 3.63) is 72.1 Å². The summed E-state index contributed by atoms with van der Waals surface area (Å²) in [6.45, 7) is 4.35. The van der Waals surface area contributed by atoms with Crippen LogP contribution in [0.2, 0.25) is 0 Å². The van der Waals surface area contributed by atoms with Crippen LogP contribution in [0, 0.1) is 0 Å². The SMILES string of the molecule is O=C(/C=C/c1cccnc1)N1CCN(Cc2ccccc2)CC1. The average molecular weight is 307 g/mol. The van der Waals surface area contributed by atoms with Crippen molar-refractivity contribution in [2.75, 3.05) is 26.2 Å². The Morgan fingerprint density at radius 3 is 2.52 bits per heavy atom. The maximum atomic E-state index is 12.2. The molecule has 118 valence electrons. The lowest BCUT2D eigenvalue weighted by Crippen LogP contribution is -2.47. The lowest BCUT2D eigenvalue weighted by molar-refractivity contribution is -0.127. The highest BCUT2D eigenvalue weighted by molar-refractivity contribution is 5.91. The highest BCUT2D eigenvalue weighted by Crippen LogP contribution is 2.09. The molecule has 0 unspecified atom stereocenters. The van der Waals surface area contributed by atoms with Crippen molar-refractivity contribution in [3.63, 3.8) is 0 Å². The Bertz CT molecular complexity index is 647. The molecule has 3 rings (SSSR count). The van der Waals surface area contributed by atoms with Gasteiger partial charge >= 0.3 is 0 Å². The Morgan fingerprint density at radius 2 is 1.83 bits per heavy atom. The first-order valence-electron chi connectivity index (χ1n) is 7.94. The van der Waals surface area contributed by atoms with Gasteiger partial charge in [-0.25, -0.2) is 0 Å². The van der Waals surface area contributed by atoms with E-state index in [4.69, 9.17) is 0 Å². The van der Waals surface area contributed by atoms with Gasteiger partial charge in [-0.2, -0.15) is 0 Å². The highest BCUT2D eigenvalue weighted by Gasteiger charge is 2.19. The minimum Gasteiger partial charge on any atom is -0.337 e. The minimum atomic E-state index is 0.0771. The van der Waals surface area contributed by atoms with Gasteiger partial charge in [-0.1, -0.05) is 36.4 Å². The van der Waals surface area contributed by atoms with Crippen LogP contribution in [0.3, 0.4) is 0 Å². The number of hydrogen-bond acceptors (Lipinski definition) is 3. The molecule has 1 aliphatic rings. The van der Waals surface area contributed by atoms with Gasteiger partial charge in [0.1, 0.15) is 0 Å². The van der Waals surface area contributed by atoms with E-state index in [0.29, 0.717) is 0 Å². The summed E-state index contributed by atoms with van der Waals surface area (Å²) < 4.78 is 0. The molecule has 0 bridgehead atoms. The Hall–Kier alpha value is -2.46. The number of hydrogen-bond donors (Lipinski definition) is 0. The van der Waals surface area contributed by atoms with Crippen LogP contribution in [-0.4, -0.2) is 46.9 Å². The van der Waals surface area contributed by atoms with Gasteiger partial charge in [0.25, 0.3) is 0 Å². The maximum Gasteiger partial charge on any atom is 0.246 e. The zero-order valence-corrected chi connectivity index (χ0v) is 13.1. The summed E-state index contributed by atoms with van der Waals surface area (Å²) >= 11 is 0. The van der Waals surface area contributed by atoms with Gasteiger partial charge in [0, 0.05) is 51.2 Å². The fraction of sp³-hybridized carbons (Fsp3) is 0.263. The molecule has 0 radical (unpaired) electrons. The predicted molar refractivity (Wildman–Crippen MR) is 91.6 cm³/mol. The summed E-state index contributed by atoms with van der Waals surface area (Å²) in [6, 6.07) is 14.3. The van der Waals surface area contributed by atoms with Crippen LogP contribution >= 0.6 is 0 Å². The molecule has 0 spiro atoms. The van der Waals surface area contributed by atoms with Crippen molar-refractivity contribution in [2.45, 2.75) is 6.54 Å². The third-order valence-corrected chi connectivity index (χ3v) is 4.04. The monoisotopic (exact) mass is 307 g/mol. The van der Waals surface area contributed by atoms with Crippen LogP contribution in [0.15, 0.2) is 60.9 Å². The number of carbonyl (C=O) groups is 1. The summed E-state index contributed by atoms with van der Waals surface area (Å²) in [5.41, 5.74) is 2.27. The number of rotatable bonds is 4. The fourth-order valence-corrected chi connectivity index (χ4v) is 2.72. The molecule has 1 aliphatic heterocycles. The molecule has 0 saturated carbocycles. The first-order chi connectivity index (χ1) is 11.3. The number of piperazine rings is 1. The molecule has 2 heterocycles. The van der Waals surface area contributed by atoms with Gasteiger partial charge in [0.15, 0.2) is 0 Å². The molecule has 23 heavy (non-hydrogen) atoms. The average Bonchev–Trinajstić information content (AvgIpc) is 2.62. The normalized spacial score (nSPS) is 15.9. The van der Waals surface area contributed by atoms with Gasteiger partial charge in [0.2, 0.25) is 5.91 Å². The Labute approximate surface area is 137 Å². The molecule has 0 atom stereocenters. The van der Waals surface area contributed by atoms with Crippen molar-refractivity contribution in [1.29, 1.82) is 0 Å². The molecule has 1 saturated heterocycles. The molecule has 0 N–H and O–H groups in total. The fourth-order valence-electron chi connectivity index (χ4n) is 2.72. The van der Waals surface area contributed by atoms with Gasteiger partial charge in [-0.15, -0.1) is 0 Å². The number of carbonyl (C=O) groups excluding carboxylic acids is 1. The molecule has 1 amide bonds. The minimum absolute atomic E-state index is 0.0771. The first-order valence-corrected chi connectivity index (χ1v) is 7.94. The number of pyridine rings is 1. The molecule has 1 aromatic carbocycles. The second-order valence-corrected chi connectivity index (χ2v) is 5.71. The zero-order valence-electron chi connectivity index (χ0n) is 13.1. The molecule has 2 aromatic rings. The van der Waals surface area contributed by atoms with Crippen LogP contribution in [0.1, 0.15) is 11.1 Å². The third kappa shape index (κ3) is 4.50. The quantitative estimate of drug-likeness (QED) is 0.814. The Balaban J connectivity index is 1.48. The van der Waals surface area contributed by atoms with E-state index in [-0.39, 0.29) is 5.91 Å². The lowest BCUT2D eigenvalue weighted by Gasteiger charge is -2.34. The van der Waals surface area contributed by atoms with E-state index in [0.717, 1.165) is 38.3 Å². The summed E-state index contributed by atoms with van der Waals surface area (Å²) in [5.74, 6) is 0.0771. The molecule has 0 aliphatic carbocycles. The highest BCUT2D eigenvalue weighted by atomic mass is 16.2. The first kappa shape index (κ1) is 15.4. The van der Waals surface area contributed by atoms with E-state index >= 15 is 0 Å². The van der Waals surface area contributed by atoms with E-state index in [2.05, 4.69) is 34.1 Å². The summed E-state index contributed by atoms with van der Waals surface area (Å²) in [6.07, 6.45) is 6.95. The summed E-state index contributed by atoms with van der Waals surface area (Å²) in [7, 11) is 0. The number of amides is 1. The van der Waals surface area contributed by atoms with Crippen LogP contribution in [-0.2, 0) is 11.3 Å². The zero-order chi connectivity index (χ0) is 15.9. The molecule has 1 aromatic heterocycles. The smallest absolute Gasteiger partial charge is 0.246 e. The number of aromatic nitrogens is 1. The molecule has 1 fully saturated rings. The van der Waals surface area contributed by atoms with Gasteiger partial charge in [0.05, 0.1) is 0 Å². The van der Waals surface area contributed by atoms with Crippen molar-refractivity contribution >= 4 is 12.0 Å². The summed E-state index contributed by atoms with van der Waals surface area (Å²) in [5, 5.41) is 0. The van der Waals surface area contributed by atoms with Crippen LogP contribution in [0.5, 0.6) is 0 Å². The number of benzene rings is 1. The van der Waals surface area contributed by atoms with Crippen molar-refractivity contribution in [1.82, 2.24) is 14.8 Å². The Kier molecular flexibility index (Phi) is 5.17. The van der Waals surface area contributed by atoms with E-state index in [1.807, 2.05) is 29.2 Å². The maximum absolute atomic E-state index is 12.2. The van der Waals surface area contributed by atoms with Gasteiger partial charge in [-0.05, 0) is 23.3 Å². The van der Waals surface area contributed by atoms with Crippen LogP contribution < -0.4 is 0 Å². The predicted octanol–water partition coefficient (Wildman–Crippen LogP) is 2.44. The number of nitrogens with zero attached hydrogens (tertiary/aromatic N) is 3. The molecule has 4 heteroatoms.